The molecule has 1 unspecified atom stereocenters. The summed E-state index contributed by atoms with van der Waals surface area (Å²) in [6.07, 6.45) is 4.83. The molecule has 0 aliphatic heterocycles. The van der Waals surface area contributed by atoms with Crippen LogP contribution in [0.25, 0.3) is 0 Å². The third kappa shape index (κ3) is 2.31. The van der Waals surface area contributed by atoms with E-state index in [1.165, 1.54) is 11.1 Å². The van der Waals surface area contributed by atoms with Crippen LogP contribution in [0.1, 0.15) is 30.4 Å². The number of aryl methyl sites for hydroxylation is 1. The second kappa shape index (κ2) is 4.21. The number of hydrogen-bond donors (Lipinski definition) is 1. The van der Waals surface area contributed by atoms with Crippen molar-refractivity contribution in [1.29, 1.82) is 0 Å². The van der Waals surface area contributed by atoms with E-state index in [0.717, 1.165) is 13.0 Å². The molecule has 1 aromatic heterocycles. The molecule has 0 saturated heterocycles. The molecule has 2 nitrogen and oxygen atoms in total. The molecule has 12 heavy (non-hydrogen) atoms. The molecule has 0 aliphatic rings. The summed E-state index contributed by atoms with van der Waals surface area (Å²) in [4.78, 5) is 4.15. The van der Waals surface area contributed by atoms with Crippen LogP contribution in [0.3, 0.4) is 0 Å². The minimum atomic E-state index is 0.530. The molecule has 1 atom stereocenters. The first-order valence-corrected chi connectivity index (χ1v) is 4.35. The molecule has 66 valence electrons. The lowest BCUT2D eigenvalue weighted by Crippen LogP contribution is -2.04. The Labute approximate surface area is 73.8 Å². The molecule has 2 N–H and O–H groups in total. The molecule has 0 amide bonds. The molecule has 0 spiro atoms. The summed E-state index contributed by atoms with van der Waals surface area (Å²) < 4.78 is 0. The lowest BCUT2D eigenvalue weighted by Gasteiger charge is -2.09. The number of nitrogens with two attached hydrogens (primary N) is 1. The van der Waals surface area contributed by atoms with E-state index in [1.54, 1.807) is 0 Å². The maximum atomic E-state index is 5.48. The smallest absolute Gasteiger partial charge is 0.0302 e. The first kappa shape index (κ1) is 9.20. The summed E-state index contributed by atoms with van der Waals surface area (Å²) in [7, 11) is 0. The van der Waals surface area contributed by atoms with E-state index in [4.69, 9.17) is 5.73 Å². The standard InChI is InChI=1S/C10H16N2/c1-8-5-10(7-12-6-8)9(2)3-4-11/h5-7,9H,3-4,11H2,1-2H3. The van der Waals surface area contributed by atoms with Crippen molar-refractivity contribution in [2.75, 3.05) is 6.54 Å². The topological polar surface area (TPSA) is 38.9 Å². The Morgan fingerprint density at radius 2 is 2.25 bits per heavy atom. The van der Waals surface area contributed by atoms with Gasteiger partial charge in [0.2, 0.25) is 0 Å². The molecule has 0 aliphatic carbocycles. The molecule has 0 bridgehead atoms. The van der Waals surface area contributed by atoms with Gasteiger partial charge in [0.25, 0.3) is 0 Å². The fraction of sp³-hybridized carbons (Fsp3) is 0.500. The van der Waals surface area contributed by atoms with Gasteiger partial charge in [0.1, 0.15) is 0 Å². The van der Waals surface area contributed by atoms with Gasteiger partial charge in [0.15, 0.2) is 0 Å². The minimum Gasteiger partial charge on any atom is -0.330 e. The largest absolute Gasteiger partial charge is 0.330 e. The Hall–Kier alpha value is -0.890. The molecule has 0 radical (unpaired) electrons. The van der Waals surface area contributed by atoms with Crippen LogP contribution in [0.15, 0.2) is 18.5 Å². The van der Waals surface area contributed by atoms with Crippen molar-refractivity contribution >= 4 is 0 Å². The molecule has 0 saturated carbocycles. The number of pyridine rings is 1. The Morgan fingerprint density at radius 3 is 2.83 bits per heavy atom. The zero-order chi connectivity index (χ0) is 8.97. The van der Waals surface area contributed by atoms with E-state index in [2.05, 4.69) is 24.9 Å². The van der Waals surface area contributed by atoms with E-state index in [0.29, 0.717) is 5.92 Å². The summed E-state index contributed by atoms with van der Waals surface area (Å²) in [6.45, 7) is 4.99. The average molecular weight is 164 g/mol. The van der Waals surface area contributed by atoms with Crippen molar-refractivity contribution in [3.05, 3.63) is 29.6 Å². The highest BCUT2D eigenvalue weighted by atomic mass is 14.6. The van der Waals surface area contributed by atoms with Crippen LogP contribution >= 0.6 is 0 Å². The first-order chi connectivity index (χ1) is 5.74. The van der Waals surface area contributed by atoms with Crippen LogP contribution in [-0.4, -0.2) is 11.5 Å². The quantitative estimate of drug-likeness (QED) is 0.740. The lowest BCUT2D eigenvalue weighted by molar-refractivity contribution is 0.686. The van der Waals surface area contributed by atoms with Crippen LogP contribution in [-0.2, 0) is 0 Å². The minimum absolute atomic E-state index is 0.530. The van der Waals surface area contributed by atoms with E-state index in [1.807, 2.05) is 12.4 Å². The highest BCUT2D eigenvalue weighted by Crippen LogP contribution is 2.17. The Morgan fingerprint density at radius 1 is 1.50 bits per heavy atom. The second-order valence-electron chi connectivity index (χ2n) is 3.27. The van der Waals surface area contributed by atoms with E-state index in [-0.39, 0.29) is 0 Å². The summed E-state index contributed by atoms with van der Waals surface area (Å²) >= 11 is 0. The summed E-state index contributed by atoms with van der Waals surface area (Å²) in [5, 5.41) is 0. The van der Waals surface area contributed by atoms with Gasteiger partial charge in [0.05, 0.1) is 0 Å². The SMILES string of the molecule is Cc1cncc(C(C)CCN)c1. The van der Waals surface area contributed by atoms with Crippen LogP contribution < -0.4 is 5.73 Å². The molecule has 2 heteroatoms. The van der Waals surface area contributed by atoms with Crippen molar-refractivity contribution in [3.63, 3.8) is 0 Å². The molecule has 0 aromatic carbocycles. The molecule has 1 heterocycles. The van der Waals surface area contributed by atoms with Gasteiger partial charge >= 0.3 is 0 Å². The second-order valence-corrected chi connectivity index (χ2v) is 3.27. The molecule has 1 aromatic rings. The zero-order valence-electron chi connectivity index (χ0n) is 7.75. The van der Waals surface area contributed by atoms with Gasteiger partial charge in [-0.25, -0.2) is 0 Å². The first-order valence-electron chi connectivity index (χ1n) is 4.35. The lowest BCUT2D eigenvalue weighted by atomic mass is 9.99. The van der Waals surface area contributed by atoms with Crippen molar-refractivity contribution in [3.8, 4) is 0 Å². The maximum Gasteiger partial charge on any atom is 0.0302 e. The maximum absolute atomic E-state index is 5.48. The fourth-order valence-corrected chi connectivity index (χ4v) is 1.26. The van der Waals surface area contributed by atoms with Crippen molar-refractivity contribution < 1.29 is 0 Å². The van der Waals surface area contributed by atoms with Gasteiger partial charge in [0, 0.05) is 12.4 Å². The summed E-state index contributed by atoms with van der Waals surface area (Å²) in [6, 6.07) is 2.17. The number of rotatable bonds is 3. The molecular weight excluding hydrogens is 148 g/mol. The van der Waals surface area contributed by atoms with Gasteiger partial charge < -0.3 is 5.73 Å². The zero-order valence-corrected chi connectivity index (χ0v) is 7.75. The van der Waals surface area contributed by atoms with E-state index >= 15 is 0 Å². The number of nitrogens with zero attached hydrogens (tertiary/aromatic N) is 1. The van der Waals surface area contributed by atoms with Gasteiger partial charge in [-0.1, -0.05) is 13.0 Å². The van der Waals surface area contributed by atoms with Gasteiger partial charge in [-0.2, -0.15) is 0 Å². The summed E-state index contributed by atoms with van der Waals surface area (Å²) in [5.41, 5.74) is 8.00. The number of aromatic nitrogens is 1. The normalized spacial score (nSPS) is 12.9. The van der Waals surface area contributed by atoms with Crippen LogP contribution in [0.4, 0.5) is 0 Å². The van der Waals surface area contributed by atoms with Crippen molar-refractivity contribution in [1.82, 2.24) is 4.98 Å². The van der Waals surface area contributed by atoms with Crippen molar-refractivity contribution in [2.24, 2.45) is 5.73 Å². The Balaban J connectivity index is 2.73. The average Bonchev–Trinajstić information content (AvgIpc) is 2.05. The highest BCUT2D eigenvalue weighted by molar-refractivity contribution is 5.19. The summed E-state index contributed by atoms with van der Waals surface area (Å²) in [5.74, 6) is 0.530. The molecule has 0 fully saturated rings. The fourth-order valence-electron chi connectivity index (χ4n) is 1.26. The van der Waals surface area contributed by atoms with Crippen molar-refractivity contribution in [2.45, 2.75) is 26.2 Å². The monoisotopic (exact) mass is 164 g/mol. The molecular formula is C10H16N2. The van der Waals surface area contributed by atoms with Crippen LogP contribution in [0.5, 0.6) is 0 Å². The predicted octanol–water partition coefficient (Wildman–Crippen LogP) is 1.84. The van der Waals surface area contributed by atoms with E-state index in [9.17, 15) is 0 Å². The molecule has 1 rings (SSSR count). The van der Waals surface area contributed by atoms with Gasteiger partial charge in [-0.3, -0.25) is 4.98 Å². The predicted molar refractivity (Wildman–Crippen MR) is 51.1 cm³/mol. The highest BCUT2D eigenvalue weighted by Gasteiger charge is 2.03. The van der Waals surface area contributed by atoms with Crippen LogP contribution in [0, 0.1) is 6.92 Å². The third-order valence-corrected chi connectivity index (χ3v) is 2.06. The number of hydrogen-bond acceptors (Lipinski definition) is 2. The Bertz CT molecular complexity index is 245. The van der Waals surface area contributed by atoms with Crippen LogP contribution in [0.2, 0.25) is 0 Å². The van der Waals surface area contributed by atoms with E-state index < -0.39 is 0 Å². The Kier molecular flexibility index (Phi) is 3.23. The van der Waals surface area contributed by atoms with Gasteiger partial charge in [-0.15, -0.1) is 0 Å². The van der Waals surface area contributed by atoms with Gasteiger partial charge in [-0.05, 0) is 36.9 Å². The third-order valence-electron chi connectivity index (χ3n) is 2.06.